The molecule has 2 aromatic heterocycles. The lowest BCUT2D eigenvalue weighted by molar-refractivity contribution is 1.07. The minimum Gasteiger partial charge on any atom is -0.256 e. The minimum atomic E-state index is 0.651. The van der Waals surface area contributed by atoms with E-state index in [4.69, 9.17) is 15.0 Å². The highest BCUT2D eigenvalue weighted by Crippen LogP contribution is 2.31. The molecule has 8 aromatic rings. The van der Waals surface area contributed by atoms with Crippen molar-refractivity contribution >= 4 is 10.8 Å². The Labute approximate surface area is 267 Å². The standard InChI is InChI=1S/C42H28N4/c1-3-9-32(10-4-1)40-44-41(33-11-5-2-6-12-33)46-42(45-40)34-20-16-30(17-21-34)36-23-25-37-27-35(22-24-38(37)28-36)29-14-18-31(19-15-29)39-13-7-8-26-43-39/h1-28H. The Morgan fingerprint density at radius 3 is 1.13 bits per heavy atom. The molecule has 0 aliphatic rings. The molecule has 0 fully saturated rings. The number of hydrogen-bond donors (Lipinski definition) is 0. The zero-order valence-electron chi connectivity index (χ0n) is 25.0. The number of nitrogens with zero attached hydrogens (tertiary/aromatic N) is 4. The van der Waals surface area contributed by atoms with Gasteiger partial charge in [-0.15, -0.1) is 0 Å². The fourth-order valence-electron chi connectivity index (χ4n) is 5.72. The van der Waals surface area contributed by atoms with E-state index in [9.17, 15) is 0 Å². The summed E-state index contributed by atoms with van der Waals surface area (Å²) in [5, 5.41) is 2.41. The van der Waals surface area contributed by atoms with E-state index in [1.54, 1.807) is 0 Å². The molecule has 0 N–H and O–H groups in total. The maximum Gasteiger partial charge on any atom is 0.164 e. The lowest BCUT2D eigenvalue weighted by atomic mass is 9.96. The summed E-state index contributed by atoms with van der Waals surface area (Å²) in [6.45, 7) is 0. The first-order valence-corrected chi connectivity index (χ1v) is 15.3. The van der Waals surface area contributed by atoms with Gasteiger partial charge in [0.2, 0.25) is 0 Å². The molecule has 216 valence electrons. The van der Waals surface area contributed by atoms with Crippen LogP contribution >= 0.6 is 0 Å². The van der Waals surface area contributed by atoms with Crippen LogP contribution in [0.25, 0.3) is 78.4 Å². The minimum absolute atomic E-state index is 0.651. The zero-order chi connectivity index (χ0) is 30.7. The van der Waals surface area contributed by atoms with Crippen molar-refractivity contribution in [2.45, 2.75) is 0 Å². The summed E-state index contributed by atoms with van der Waals surface area (Å²) in [5.41, 5.74) is 9.64. The molecule has 0 radical (unpaired) electrons. The van der Waals surface area contributed by atoms with Gasteiger partial charge in [-0.3, -0.25) is 4.98 Å². The quantitative estimate of drug-likeness (QED) is 0.194. The normalized spacial score (nSPS) is 11.0. The summed E-state index contributed by atoms with van der Waals surface area (Å²) in [6.07, 6.45) is 1.83. The van der Waals surface area contributed by atoms with E-state index >= 15 is 0 Å². The second-order valence-electron chi connectivity index (χ2n) is 11.2. The van der Waals surface area contributed by atoms with E-state index < -0.39 is 0 Å². The van der Waals surface area contributed by atoms with Crippen molar-refractivity contribution in [1.82, 2.24) is 19.9 Å². The number of hydrogen-bond acceptors (Lipinski definition) is 4. The molecule has 0 bridgehead atoms. The van der Waals surface area contributed by atoms with Crippen molar-refractivity contribution in [1.29, 1.82) is 0 Å². The van der Waals surface area contributed by atoms with Crippen molar-refractivity contribution < 1.29 is 0 Å². The monoisotopic (exact) mass is 588 g/mol. The van der Waals surface area contributed by atoms with Crippen LogP contribution in [0.1, 0.15) is 0 Å². The van der Waals surface area contributed by atoms with Gasteiger partial charge < -0.3 is 0 Å². The van der Waals surface area contributed by atoms with Crippen LogP contribution in [0.4, 0.5) is 0 Å². The van der Waals surface area contributed by atoms with E-state index in [0.29, 0.717) is 17.5 Å². The molecule has 46 heavy (non-hydrogen) atoms. The lowest BCUT2D eigenvalue weighted by Gasteiger charge is -2.10. The van der Waals surface area contributed by atoms with Crippen LogP contribution in [0.2, 0.25) is 0 Å². The molecule has 0 saturated carbocycles. The molecule has 0 aliphatic heterocycles. The van der Waals surface area contributed by atoms with E-state index in [0.717, 1.165) is 39.1 Å². The largest absolute Gasteiger partial charge is 0.256 e. The summed E-state index contributed by atoms with van der Waals surface area (Å²) in [5.74, 6) is 1.97. The molecule has 0 saturated heterocycles. The highest BCUT2D eigenvalue weighted by Gasteiger charge is 2.12. The van der Waals surface area contributed by atoms with E-state index in [2.05, 4.69) is 89.9 Å². The third-order valence-electron chi connectivity index (χ3n) is 8.19. The van der Waals surface area contributed by atoms with Crippen LogP contribution in [0, 0.1) is 0 Å². The van der Waals surface area contributed by atoms with Crippen LogP contribution in [0.15, 0.2) is 170 Å². The molecule has 8 rings (SSSR count). The topological polar surface area (TPSA) is 51.6 Å². The van der Waals surface area contributed by atoms with Gasteiger partial charge in [0.1, 0.15) is 0 Å². The molecular weight excluding hydrogens is 560 g/mol. The Kier molecular flexibility index (Phi) is 7.14. The van der Waals surface area contributed by atoms with Gasteiger partial charge in [-0.25, -0.2) is 15.0 Å². The van der Waals surface area contributed by atoms with Gasteiger partial charge in [0.05, 0.1) is 5.69 Å². The van der Waals surface area contributed by atoms with E-state index in [1.807, 2.05) is 85.1 Å². The Bertz CT molecular complexity index is 2210. The van der Waals surface area contributed by atoms with Gasteiger partial charge in [0, 0.05) is 28.5 Å². The molecule has 4 heteroatoms. The average molecular weight is 589 g/mol. The highest BCUT2D eigenvalue weighted by molar-refractivity contribution is 5.91. The Hall–Kier alpha value is -6.26. The van der Waals surface area contributed by atoms with Crippen molar-refractivity contribution in [3.05, 3.63) is 170 Å². The van der Waals surface area contributed by atoms with Crippen LogP contribution in [0.5, 0.6) is 0 Å². The third kappa shape index (κ3) is 5.56. The number of rotatable bonds is 6. The first-order valence-electron chi connectivity index (χ1n) is 15.3. The van der Waals surface area contributed by atoms with Crippen molar-refractivity contribution in [3.63, 3.8) is 0 Å². The molecule has 0 atom stereocenters. The Morgan fingerprint density at radius 1 is 0.283 bits per heavy atom. The predicted molar refractivity (Wildman–Crippen MR) is 188 cm³/mol. The van der Waals surface area contributed by atoms with Gasteiger partial charge in [0.15, 0.2) is 17.5 Å². The van der Waals surface area contributed by atoms with Crippen molar-refractivity contribution in [2.24, 2.45) is 0 Å². The number of pyridine rings is 1. The molecule has 6 aromatic carbocycles. The first kappa shape index (κ1) is 27.3. The third-order valence-corrected chi connectivity index (χ3v) is 8.19. The Balaban J connectivity index is 1.08. The van der Waals surface area contributed by atoms with Gasteiger partial charge in [-0.05, 0) is 57.3 Å². The fourth-order valence-corrected chi connectivity index (χ4v) is 5.72. The molecule has 0 unspecified atom stereocenters. The number of benzene rings is 6. The van der Waals surface area contributed by atoms with Crippen LogP contribution in [0.3, 0.4) is 0 Å². The second-order valence-corrected chi connectivity index (χ2v) is 11.2. The van der Waals surface area contributed by atoms with Crippen molar-refractivity contribution in [3.8, 4) is 67.7 Å². The predicted octanol–water partition coefficient (Wildman–Crippen LogP) is 10.4. The molecule has 0 aliphatic carbocycles. The van der Waals surface area contributed by atoms with Gasteiger partial charge >= 0.3 is 0 Å². The SMILES string of the molecule is c1ccc(-c2nc(-c3ccccc3)nc(-c3ccc(-c4ccc5cc(-c6ccc(-c7ccccn7)cc6)ccc5c4)cc3)n2)cc1. The average Bonchev–Trinajstić information content (AvgIpc) is 3.15. The summed E-state index contributed by atoms with van der Waals surface area (Å²) in [7, 11) is 0. The zero-order valence-corrected chi connectivity index (χ0v) is 25.0. The smallest absolute Gasteiger partial charge is 0.164 e. The van der Waals surface area contributed by atoms with Crippen LogP contribution in [-0.4, -0.2) is 19.9 Å². The maximum atomic E-state index is 4.87. The number of fused-ring (bicyclic) bond motifs is 1. The highest BCUT2D eigenvalue weighted by atomic mass is 15.0. The fraction of sp³-hybridized carbons (Fsp3) is 0. The first-order chi connectivity index (χ1) is 22.8. The van der Waals surface area contributed by atoms with Crippen molar-refractivity contribution in [2.75, 3.05) is 0 Å². The van der Waals surface area contributed by atoms with Gasteiger partial charge in [-0.1, -0.05) is 140 Å². The molecular formula is C42H28N4. The molecule has 0 amide bonds. The van der Waals surface area contributed by atoms with Crippen LogP contribution in [-0.2, 0) is 0 Å². The maximum absolute atomic E-state index is 4.87. The summed E-state index contributed by atoms with van der Waals surface area (Å²) < 4.78 is 0. The molecule has 4 nitrogen and oxygen atoms in total. The summed E-state index contributed by atoms with van der Waals surface area (Å²) in [6, 6.07) is 56.5. The summed E-state index contributed by atoms with van der Waals surface area (Å²) in [4.78, 5) is 19.0. The van der Waals surface area contributed by atoms with E-state index in [1.165, 1.54) is 21.9 Å². The summed E-state index contributed by atoms with van der Waals surface area (Å²) >= 11 is 0. The lowest BCUT2D eigenvalue weighted by Crippen LogP contribution is -2.00. The second kappa shape index (κ2) is 12.0. The number of aromatic nitrogens is 4. The van der Waals surface area contributed by atoms with Gasteiger partial charge in [-0.2, -0.15) is 0 Å². The Morgan fingerprint density at radius 2 is 0.674 bits per heavy atom. The molecule has 0 spiro atoms. The van der Waals surface area contributed by atoms with E-state index in [-0.39, 0.29) is 0 Å². The molecule has 2 heterocycles. The van der Waals surface area contributed by atoms with Crippen LogP contribution < -0.4 is 0 Å². The van der Waals surface area contributed by atoms with Gasteiger partial charge in [0.25, 0.3) is 0 Å².